The lowest BCUT2D eigenvalue weighted by Crippen LogP contribution is -2.31. The summed E-state index contributed by atoms with van der Waals surface area (Å²) in [6, 6.07) is 1.90. The molecule has 1 fully saturated rings. The smallest absolute Gasteiger partial charge is 0.376 e. The average Bonchev–Trinajstić information content (AvgIpc) is 2.88. The van der Waals surface area contributed by atoms with Crippen molar-refractivity contribution >= 4 is 5.91 Å². The first-order valence-corrected chi connectivity index (χ1v) is 5.90. The highest BCUT2D eigenvalue weighted by atomic mass is 19.4. The van der Waals surface area contributed by atoms with E-state index in [0.29, 0.717) is 13.2 Å². The maximum Gasteiger partial charge on any atom is 0.433 e. The first kappa shape index (κ1) is 13.8. The van der Waals surface area contributed by atoms with E-state index in [9.17, 15) is 18.0 Å². The summed E-state index contributed by atoms with van der Waals surface area (Å²) in [5.74, 6) is -0.447. The van der Waals surface area contributed by atoms with E-state index < -0.39 is 17.8 Å². The number of ether oxygens (including phenoxy) is 1. The van der Waals surface area contributed by atoms with Crippen LogP contribution in [0.2, 0.25) is 0 Å². The molecule has 1 aliphatic heterocycles. The fourth-order valence-electron chi connectivity index (χ4n) is 1.81. The number of nitrogens with zero attached hydrogens (tertiary/aromatic N) is 1. The second-order valence-corrected chi connectivity index (χ2v) is 4.27. The van der Waals surface area contributed by atoms with Gasteiger partial charge >= 0.3 is 6.18 Å². The van der Waals surface area contributed by atoms with Crippen LogP contribution in [0.3, 0.4) is 0 Å². The molecule has 0 aliphatic carbocycles. The van der Waals surface area contributed by atoms with Crippen molar-refractivity contribution in [3.05, 3.63) is 29.6 Å². The van der Waals surface area contributed by atoms with Gasteiger partial charge in [-0.2, -0.15) is 13.2 Å². The van der Waals surface area contributed by atoms with Gasteiger partial charge in [0, 0.05) is 19.3 Å². The topological polar surface area (TPSA) is 51.2 Å². The second-order valence-electron chi connectivity index (χ2n) is 4.27. The molecule has 4 nitrogen and oxygen atoms in total. The average molecular weight is 274 g/mol. The summed E-state index contributed by atoms with van der Waals surface area (Å²) in [7, 11) is 0. The van der Waals surface area contributed by atoms with E-state index in [1.165, 1.54) is 0 Å². The maximum atomic E-state index is 12.3. The van der Waals surface area contributed by atoms with E-state index >= 15 is 0 Å². The Labute approximate surface area is 108 Å². The van der Waals surface area contributed by atoms with Crippen LogP contribution in [-0.2, 0) is 10.9 Å². The minimum atomic E-state index is -4.49. The highest BCUT2D eigenvalue weighted by Gasteiger charge is 2.32. The summed E-state index contributed by atoms with van der Waals surface area (Å²) in [6.07, 6.45) is -1.74. The minimum absolute atomic E-state index is 0.00800. The molecule has 1 saturated heterocycles. The molecule has 104 valence electrons. The highest BCUT2D eigenvalue weighted by Crippen LogP contribution is 2.27. The first-order chi connectivity index (χ1) is 8.97. The molecule has 1 aromatic heterocycles. The standard InChI is InChI=1S/C12H13F3N2O2/c13-12(14,15)10-4-3-8(6-16-10)11(18)17-7-9-2-1-5-19-9/h3-4,6,9H,1-2,5,7H2,(H,17,18). The molecule has 19 heavy (non-hydrogen) atoms. The molecule has 0 radical (unpaired) electrons. The molecule has 1 atom stereocenters. The van der Waals surface area contributed by atoms with Crippen molar-refractivity contribution < 1.29 is 22.7 Å². The number of aromatic nitrogens is 1. The van der Waals surface area contributed by atoms with Crippen molar-refractivity contribution in [1.82, 2.24) is 10.3 Å². The van der Waals surface area contributed by atoms with Crippen molar-refractivity contribution in [3.63, 3.8) is 0 Å². The fourth-order valence-corrected chi connectivity index (χ4v) is 1.81. The number of nitrogens with one attached hydrogen (secondary N) is 1. The third-order valence-corrected chi connectivity index (χ3v) is 2.83. The Morgan fingerprint density at radius 1 is 1.47 bits per heavy atom. The lowest BCUT2D eigenvalue weighted by molar-refractivity contribution is -0.141. The summed E-state index contributed by atoms with van der Waals surface area (Å²) in [5, 5.41) is 2.61. The van der Waals surface area contributed by atoms with E-state index in [2.05, 4.69) is 10.3 Å². The fraction of sp³-hybridized carbons (Fsp3) is 0.500. The third-order valence-electron chi connectivity index (χ3n) is 2.83. The van der Waals surface area contributed by atoms with Crippen LogP contribution in [0.1, 0.15) is 28.9 Å². The van der Waals surface area contributed by atoms with E-state index in [0.717, 1.165) is 31.2 Å². The molecule has 1 unspecified atom stereocenters. The molecule has 2 rings (SSSR count). The zero-order chi connectivity index (χ0) is 13.9. The normalized spacial score (nSPS) is 19.4. The molecule has 2 heterocycles. The van der Waals surface area contributed by atoms with Gasteiger partial charge in [0.05, 0.1) is 11.7 Å². The van der Waals surface area contributed by atoms with Gasteiger partial charge in [0.15, 0.2) is 0 Å². The molecule has 7 heteroatoms. The van der Waals surface area contributed by atoms with Gasteiger partial charge in [0.2, 0.25) is 0 Å². The van der Waals surface area contributed by atoms with E-state index in [4.69, 9.17) is 4.74 Å². The number of rotatable bonds is 3. The molecule has 0 aromatic carbocycles. The molecule has 0 spiro atoms. The van der Waals surface area contributed by atoms with Crippen molar-refractivity contribution in [2.45, 2.75) is 25.1 Å². The number of pyridine rings is 1. The van der Waals surface area contributed by atoms with Crippen LogP contribution in [0.15, 0.2) is 18.3 Å². The van der Waals surface area contributed by atoms with Crippen molar-refractivity contribution in [3.8, 4) is 0 Å². The van der Waals surface area contributed by atoms with Crippen molar-refractivity contribution in [2.75, 3.05) is 13.2 Å². The molecule has 0 bridgehead atoms. The predicted molar refractivity (Wildman–Crippen MR) is 60.5 cm³/mol. The Morgan fingerprint density at radius 3 is 2.79 bits per heavy atom. The zero-order valence-corrected chi connectivity index (χ0v) is 10.0. The van der Waals surface area contributed by atoms with Gasteiger partial charge in [-0.15, -0.1) is 0 Å². The monoisotopic (exact) mass is 274 g/mol. The molecule has 1 amide bonds. The largest absolute Gasteiger partial charge is 0.433 e. The van der Waals surface area contributed by atoms with Crippen LogP contribution in [0, 0.1) is 0 Å². The molecule has 1 N–H and O–H groups in total. The summed E-state index contributed by atoms with van der Waals surface area (Å²) < 4.78 is 42.2. The van der Waals surface area contributed by atoms with Crippen LogP contribution in [-0.4, -0.2) is 30.1 Å². The van der Waals surface area contributed by atoms with Crippen LogP contribution in [0.5, 0.6) is 0 Å². The summed E-state index contributed by atoms with van der Waals surface area (Å²) in [4.78, 5) is 14.9. The summed E-state index contributed by atoms with van der Waals surface area (Å²) >= 11 is 0. The van der Waals surface area contributed by atoms with Gasteiger partial charge in [0.1, 0.15) is 5.69 Å². The van der Waals surface area contributed by atoms with Crippen LogP contribution in [0.4, 0.5) is 13.2 Å². The SMILES string of the molecule is O=C(NCC1CCCO1)c1ccc(C(F)(F)F)nc1. The van der Waals surface area contributed by atoms with Gasteiger partial charge in [-0.25, -0.2) is 0 Å². The van der Waals surface area contributed by atoms with E-state index in [1.54, 1.807) is 0 Å². The van der Waals surface area contributed by atoms with Gasteiger partial charge in [0.25, 0.3) is 5.91 Å². The quantitative estimate of drug-likeness (QED) is 0.917. The molecular weight excluding hydrogens is 261 g/mol. The van der Waals surface area contributed by atoms with Crippen molar-refractivity contribution in [2.24, 2.45) is 0 Å². The zero-order valence-electron chi connectivity index (χ0n) is 10.0. The van der Waals surface area contributed by atoms with Gasteiger partial charge in [-0.05, 0) is 25.0 Å². The molecular formula is C12H13F3N2O2. The second kappa shape index (κ2) is 5.56. The Hall–Kier alpha value is -1.63. The lowest BCUT2D eigenvalue weighted by atomic mass is 10.2. The number of halogens is 3. The Balaban J connectivity index is 1.92. The number of alkyl halides is 3. The summed E-state index contributed by atoms with van der Waals surface area (Å²) in [5.41, 5.74) is -0.908. The van der Waals surface area contributed by atoms with E-state index in [1.807, 2.05) is 0 Å². The summed E-state index contributed by atoms with van der Waals surface area (Å²) in [6.45, 7) is 1.04. The number of hydrogen-bond donors (Lipinski definition) is 1. The predicted octanol–water partition coefficient (Wildman–Crippen LogP) is 2.01. The van der Waals surface area contributed by atoms with Gasteiger partial charge in [-0.3, -0.25) is 9.78 Å². The Kier molecular flexibility index (Phi) is 4.04. The molecule has 1 aromatic rings. The van der Waals surface area contributed by atoms with Crippen LogP contribution in [0.25, 0.3) is 0 Å². The number of carbonyl (C=O) groups excluding carboxylic acids is 1. The minimum Gasteiger partial charge on any atom is -0.376 e. The number of carbonyl (C=O) groups is 1. The molecule has 1 aliphatic rings. The number of hydrogen-bond acceptors (Lipinski definition) is 3. The van der Waals surface area contributed by atoms with Crippen LogP contribution < -0.4 is 5.32 Å². The van der Waals surface area contributed by atoms with E-state index in [-0.39, 0.29) is 11.7 Å². The molecule has 0 saturated carbocycles. The van der Waals surface area contributed by atoms with Crippen molar-refractivity contribution in [1.29, 1.82) is 0 Å². The van der Waals surface area contributed by atoms with Gasteiger partial charge in [-0.1, -0.05) is 0 Å². The highest BCUT2D eigenvalue weighted by molar-refractivity contribution is 5.93. The van der Waals surface area contributed by atoms with Gasteiger partial charge < -0.3 is 10.1 Å². The van der Waals surface area contributed by atoms with Crippen LogP contribution >= 0.6 is 0 Å². The first-order valence-electron chi connectivity index (χ1n) is 5.90. The Morgan fingerprint density at radius 2 is 2.26 bits per heavy atom. The number of amides is 1. The lowest BCUT2D eigenvalue weighted by Gasteiger charge is -2.11. The maximum absolute atomic E-state index is 12.3. The third kappa shape index (κ3) is 3.66. The Bertz CT molecular complexity index is 439.